The van der Waals surface area contributed by atoms with Gasteiger partial charge < -0.3 is 24.0 Å². The van der Waals surface area contributed by atoms with Crippen LogP contribution in [0.1, 0.15) is 72.3 Å². The molecule has 0 N–H and O–H groups in total. The van der Waals surface area contributed by atoms with Crippen LogP contribution < -0.4 is 9.80 Å². The highest BCUT2D eigenvalue weighted by atomic mass is 16.6. The van der Waals surface area contributed by atoms with Crippen LogP contribution in [0.2, 0.25) is 0 Å². The Morgan fingerprint density at radius 2 is 1.76 bits per heavy atom. The average Bonchev–Trinajstić information content (AvgIpc) is 3.52. The number of carbonyl (C=O) groups is 1. The molecular weight excluding hydrogens is 416 g/mol. The normalized spacial score (nSPS) is 22.5. The first-order chi connectivity index (χ1) is 15.8. The maximum Gasteiger partial charge on any atom is 0.410 e. The van der Waals surface area contributed by atoms with Crippen LogP contribution in [0.3, 0.4) is 0 Å². The van der Waals surface area contributed by atoms with Gasteiger partial charge in [0.25, 0.3) is 0 Å². The van der Waals surface area contributed by atoms with Crippen molar-refractivity contribution in [3.8, 4) is 0 Å². The molecule has 0 aromatic carbocycles. The minimum absolute atomic E-state index is 0.144. The Kier molecular flexibility index (Phi) is 5.87. The van der Waals surface area contributed by atoms with Crippen LogP contribution in [0.15, 0.2) is 12.5 Å². The molecule has 33 heavy (non-hydrogen) atoms. The summed E-state index contributed by atoms with van der Waals surface area (Å²) >= 11 is 0. The summed E-state index contributed by atoms with van der Waals surface area (Å²) in [7, 11) is 0. The molecule has 2 aromatic rings. The lowest BCUT2D eigenvalue weighted by atomic mass is 10.1. The maximum atomic E-state index is 12.6. The molecule has 2 aliphatic heterocycles. The zero-order valence-electron chi connectivity index (χ0n) is 20.6. The van der Waals surface area contributed by atoms with Gasteiger partial charge in [-0.05, 0) is 53.4 Å². The lowest BCUT2D eigenvalue weighted by Crippen LogP contribution is -2.54. The highest BCUT2D eigenvalue weighted by molar-refractivity contribution is 6.00. The molecule has 4 heterocycles. The summed E-state index contributed by atoms with van der Waals surface area (Å²) in [6, 6.07) is 0.679. The molecule has 0 bridgehead atoms. The van der Waals surface area contributed by atoms with Crippen molar-refractivity contribution >= 4 is 28.6 Å². The van der Waals surface area contributed by atoms with E-state index in [2.05, 4.69) is 27.5 Å². The average molecular weight is 455 g/mol. The molecule has 0 radical (unpaired) electrons. The van der Waals surface area contributed by atoms with Gasteiger partial charge in [0.15, 0.2) is 0 Å². The summed E-state index contributed by atoms with van der Waals surface area (Å²) in [6.45, 7) is 12.1. The van der Waals surface area contributed by atoms with Crippen molar-refractivity contribution in [1.29, 1.82) is 0 Å². The summed E-state index contributed by atoms with van der Waals surface area (Å²) in [6.07, 6.45) is 11.4. The van der Waals surface area contributed by atoms with Crippen molar-refractivity contribution in [1.82, 2.24) is 19.4 Å². The molecule has 1 aliphatic carbocycles. The monoisotopic (exact) mass is 454 g/mol. The van der Waals surface area contributed by atoms with Crippen LogP contribution in [0.4, 0.5) is 16.3 Å². The Bertz CT molecular complexity index is 1000. The number of fused-ring (bicyclic) bond motifs is 1. The molecule has 1 saturated carbocycles. The fourth-order valence-electron chi connectivity index (χ4n) is 5.69. The molecule has 8 heteroatoms. The topological polar surface area (TPSA) is 66.7 Å². The number of ether oxygens (including phenoxy) is 1. The predicted molar refractivity (Wildman–Crippen MR) is 131 cm³/mol. The van der Waals surface area contributed by atoms with Gasteiger partial charge in [0.05, 0.1) is 11.1 Å². The van der Waals surface area contributed by atoms with Crippen molar-refractivity contribution in [2.75, 3.05) is 42.5 Å². The number of carbonyl (C=O) groups excluding carboxylic acids is 1. The van der Waals surface area contributed by atoms with E-state index >= 15 is 0 Å². The Balaban J connectivity index is 1.47. The fraction of sp³-hybridized carbons (Fsp3) is 0.720. The van der Waals surface area contributed by atoms with E-state index in [0.717, 1.165) is 31.1 Å². The quantitative estimate of drug-likeness (QED) is 0.676. The number of anilines is 2. The Morgan fingerprint density at radius 1 is 1.03 bits per heavy atom. The van der Waals surface area contributed by atoms with E-state index in [9.17, 15) is 4.79 Å². The second kappa shape index (κ2) is 8.69. The smallest absolute Gasteiger partial charge is 0.410 e. The van der Waals surface area contributed by atoms with Crippen molar-refractivity contribution in [3.05, 3.63) is 12.5 Å². The zero-order valence-corrected chi connectivity index (χ0v) is 20.6. The van der Waals surface area contributed by atoms with Gasteiger partial charge in [-0.1, -0.05) is 12.8 Å². The summed E-state index contributed by atoms with van der Waals surface area (Å²) in [5.41, 5.74) is 1.87. The maximum absolute atomic E-state index is 12.6. The van der Waals surface area contributed by atoms with Gasteiger partial charge in [-0.3, -0.25) is 0 Å². The van der Waals surface area contributed by atoms with E-state index in [-0.39, 0.29) is 12.1 Å². The number of amides is 1. The van der Waals surface area contributed by atoms with Gasteiger partial charge in [0, 0.05) is 51.0 Å². The van der Waals surface area contributed by atoms with Crippen LogP contribution in [0.25, 0.3) is 11.0 Å². The molecule has 180 valence electrons. The molecule has 0 unspecified atom stereocenters. The molecule has 1 amide bonds. The second-order valence-electron chi connectivity index (χ2n) is 10.9. The van der Waals surface area contributed by atoms with Crippen LogP contribution in [-0.2, 0) is 4.74 Å². The number of hydrogen-bond acceptors (Lipinski definition) is 6. The predicted octanol–water partition coefficient (Wildman–Crippen LogP) is 4.59. The molecule has 2 saturated heterocycles. The van der Waals surface area contributed by atoms with Gasteiger partial charge in [-0.25, -0.2) is 14.8 Å². The number of nitrogens with zero attached hydrogens (tertiary/aromatic N) is 6. The summed E-state index contributed by atoms with van der Waals surface area (Å²) in [5, 5.41) is 1.18. The lowest BCUT2D eigenvalue weighted by Gasteiger charge is -2.41. The first-order valence-electron chi connectivity index (χ1n) is 12.7. The van der Waals surface area contributed by atoms with Crippen molar-refractivity contribution in [3.63, 3.8) is 0 Å². The van der Waals surface area contributed by atoms with Gasteiger partial charge in [-0.15, -0.1) is 0 Å². The van der Waals surface area contributed by atoms with Gasteiger partial charge in [-0.2, -0.15) is 0 Å². The molecule has 0 spiro atoms. The highest BCUT2D eigenvalue weighted by Crippen LogP contribution is 2.41. The Morgan fingerprint density at radius 3 is 2.42 bits per heavy atom. The number of piperazine rings is 1. The Labute approximate surface area is 196 Å². The third kappa shape index (κ3) is 4.36. The van der Waals surface area contributed by atoms with Gasteiger partial charge >= 0.3 is 6.09 Å². The molecule has 5 rings (SSSR count). The van der Waals surface area contributed by atoms with Crippen LogP contribution in [0, 0.1) is 0 Å². The van der Waals surface area contributed by atoms with E-state index in [0.29, 0.717) is 19.1 Å². The summed E-state index contributed by atoms with van der Waals surface area (Å²) in [4.78, 5) is 29.0. The minimum atomic E-state index is -0.482. The first kappa shape index (κ1) is 22.3. The van der Waals surface area contributed by atoms with Crippen molar-refractivity contribution in [2.24, 2.45) is 0 Å². The second-order valence-corrected chi connectivity index (χ2v) is 10.9. The number of hydrogen-bond donors (Lipinski definition) is 0. The molecule has 3 fully saturated rings. The standard InChI is InChI=1S/C25H38N6O2/c1-18-15-29(24(32)33-25(2,3)4)13-14-30(18)22-21-20(28-11-7-8-12-28)16-31(19-9-5-6-10-19)23(21)27-17-26-22/h16-19H,5-15H2,1-4H3/t18-/m0/s1. The molecule has 3 aliphatic rings. The molecule has 8 nitrogen and oxygen atoms in total. The third-order valence-electron chi connectivity index (χ3n) is 7.29. The van der Waals surface area contributed by atoms with E-state index in [4.69, 9.17) is 14.7 Å². The summed E-state index contributed by atoms with van der Waals surface area (Å²) < 4.78 is 8.05. The van der Waals surface area contributed by atoms with Gasteiger partial charge in [0.1, 0.15) is 23.4 Å². The summed E-state index contributed by atoms with van der Waals surface area (Å²) in [5.74, 6) is 1.01. The lowest BCUT2D eigenvalue weighted by molar-refractivity contribution is 0.0218. The van der Waals surface area contributed by atoms with E-state index < -0.39 is 5.60 Å². The Hall–Kier alpha value is -2.51. The molecule has 1 atom stereocenters. The first-order valence-corrected chi connectivity index (χ1v) is 12.7. The number of aromatic nitrogens is 3. The van der Waals surface area contributed by atoms with E-state index in [1.807, 2.05) is 25.7 Å². The minimum Gasteiger partial charge on any atom is -0.444 e. The molecule has 2 aromatic heterocycles. The fourth-order valence-corrected chi connectivity index (χ4v) is 5.69. The van der Waals surface area contributed by atoms with Crippen molar-refractivity contribution < 1.29 is 9.53 Å². The van der Waals surface area contributed by atoms with Crippen LogP contribution >= 0.6 is 0 Å². The van der Waals surface area contributed by atoms with Crippen LogP contribution in [0.5, 0.6) is 0 Å². The third-order valence-corrected chi connectivity index (χ3v) is 7.29. The number of rotatable bonds is 3. The molecular formula is C25H38N6O2. The SMILES string of the molecule is C[C@H]1CN(C(=O)OC(C)(C)C)CCN1c1ncnc2c1c(N1CCCC1)cn2C1CCCC1. The van der Waals surface area contributed by atoms with E-state index in [1.54, 1.807) is 6.33 Å². The van der Waals surface area contributed by atoms with E-state index in [1.165, 1.54) is 49.6 Å². The zero-order chi connectivity index (χ0) is 23.2. The highest BCUT2D eigenvalue weighted by Gasteiger charge is 2.33. The largest absolute Gasteiger partial charge is 0.444 e. The van der Waals surface area contributed by atoms with Crippen LogP contribution in [-0.4, -0.2) is 69.9 Å². The van der Waals surface area contributed by atoms with Gasteiger partial charge in [0.2, 0.25) is 0 Å². The van der Waals surface area contributed by atoms with Crippen molar-refractivity contribution in [2.45, 2.75) is 83.9 Å².